The van der Waals surface area contributed by atoms with Crippen molar-refractivity contribution in [1.82, 2.24) is 15.3 Å². The van der Waals surface area contributed by atoms with Gasteiger partial charge in [-0.1, -0.05) is 41.4 Å². The molecule has 0 aliphatic heterocycles. The molecule has 1 aromatic heterocycles. The molecule has 8 heteroatoms. The lowest BCUT2D eigenvalue weighted by Crippen LogP contribution is -2.20. The molecule has 0 aliphatic carbocycles. The number of benzene rings is 3. The fraction of sp³-hybridized carbons (Fsp3) is 0.286. The molecule has 36 heavy (non-hydrogen) atoms. The van der Waals surface area contributed by atoms with Crippen LogP contribution >= 0.6 is 11.6 Å². The van der Waals surface area contributed by atoms with Gasteiger partial charge in [-0.05, 0) is 62.7 Å². The molecule has 3 N–H and O–H groups in total. The molecule has 0 spiro atoms. The minimum Gasteiger partial charge on any atom is -0.490 e. The minimum atomic E-state index is -0.257. The van der Waals surface area contributed by atoms with Gasteiger partial charge in [-0.15, -0.1) is 0 Å². The molecule has 0 fully saturated rings. The van der Waals surface area contributed by atoms with Crippen LogP contribution in [0.4, 0.5) is 5.69 Å². The Balaban J connectivity index is 1.28. The first-order chi connectivity index (χ1) is 17.5. The van der Waals surface area contributed by atoms with Gasteiger partial charge in [0.05, 0.1) is 17.6 Å². The molecule has 0 unspecified atom stereocenters. The lowest BCUT2D eigenvalue weighted by atomic mass is 10.2. The zero-order valence-electron chi connectivity index (χ0n) is 20.6. The van der Waals surface area contributed by atoms with E-state index in [1.54, 1.807) is 6.07 Å². The van der Waals surface area contributed by atoms with Crippen molar-refractivity contribution in [3.05, 3.63) is 82.6 Å². The topological polar surface area (TPSA) is 88.3 Å². The lowest BCUT2D eigenvalue weighted by molar-refractivity contribution is -0.118. The van der Waals surface area contributed by atoms with Crippen LogP contribution in [-0.4, -0.2) is 35.6 Å². The SMILES string of the molecule is CCOc1cc(CNCCCc2nc3ccccc3[nH]2)c(Cl)cc1OCC(=O)Nc1ccc(C)cc1. The standard InChI is InChI=1S/C28H31ClN4O3/c1-3-35-25-15-20(17-30-14-6-9-27-32-23-7-4-5-8-24(23)33-27)22(29)16-26(25)36-18-28(34)31-21-12-10-19(2)11-13-21/h4-5,7-8,10-13,15-16,30H,3,6,9,14,17-18H2,1-2H3,(H,31,34)(H,32,33). The number of anilines is 1. The summed E-state index contributed by atoms with van der Waals surface area (Å²) < 4.78 is 11.5. The number of imidazole rings is 1. The summed E-state index contributed by atoms with van der Waals surface area (Å²) in [6.45, 7) is 5.62. The van der Waals surface area contributed by atoms with Crippen LogP contribution in [0.5, 0.6) is 11.5 Å². The quantitative estimate of drug-likeness (QED) is 0.216. The van der Waals surface area contributed by atoms with Crippen molar-refractivity contribution >= 4 is 34.2 Å². The lowest BCUT2D eigenvalue weighted by Gasteiger charge is -2.15. The van der Waals surface area contributed by atoms with Gasteiger partial charge in [0, 0.05) is 29.7 Å². The summed E-state index contributed by atoms with van der Waals surface area (Å²) in [6.07, 6.45) is 1.80. The van der Waals surface area contributed by atoms with Gasteiger partial charge in [0.15, 0.2) is 18.1 Å². The van der Waals surface area contributed by atoms with Crippen molar-refractivity contribution in [2.45, 2.75) is 33.2 Å². The number of hydrogen-bond acceptors (Lipinski definition) is 5. The number of aryl methyl sites for hydroxylation is 2. The Morgan fingerprint density at radius 1 is 1.06 bits per heavy atom. The summed E-state index contributed by atoms with van der Waals surface area (Å²) in [5.41, 5.74) is 4.80. The number of aromatic amines is 1. The molecule has 0 saturated carbocycles. The largest absolute Gasteiger partial charge is 0.490 e. The Kier molecular flexibility index (Phi) is 8.81. The summed E-state index contributed by atoms with van der Waals surface area (Å²) in [7, 11) is 0. The molecule has 7 nitrogen and oxygen atoms in total. The molecule has 188 valence electrons. The number of carbonyl (C=O) groups is 1. The van der Waals surface area contributed by atoms with Crippen LogP contribution in [0.2, 0.25) is 5.02 Å². The Hall–Kier alpha value is -3.55. The second-order valence-corrected chi connectivity index (χ2v) is 8.91. The van der Waals surface area contributed by atoms with Crippen LogP contribution in [0, 0.1) is 6.92 Å². The van der Waals surface area contributed by atoms with Crippen molar-refractivity contribution in [3.63, 3.8) is 0 Å². The van der Waals surface area contributed by atoms with Gasteiger partial charge in [-0.2, -0.15) is 0 Å². The van der Waals surface area contributed by atoms with Gasteiger partial charge in [0.25, 0.3) is 5.91 Å². The monoisotopic (exact) mass is 506 g/mol. The normalized spacial score (nSPS) is 11.0. The zero-order chi connectivity index (χ0) is 25.3. The average molecular weight is 507 g/mol. The van der Waals surface area contributed by atoms with Crippen LogP contribution in [-0.2, 0) is 17.8 Å². The van der Waals surface area contributed by atoms with Crippen LogP contribution in [0.25, 0.3) is 11.0 Å². The highest BCUT2D eigenvalue weighted by Crippen LogP contribution is 2.33. The van der Waals surface area contributed by atoms with Crippen molar-refractivity contribution in [3.8, 4) is 11.5 Å². The molecular weight excluding hydrogens is 476 g/mol. The molecule has 4 rings (SSSR count). The third-order valence-electron chi connectivity index (χ3n) is 5.63. The van der Waals surface area contributed by atoms with Crippen molar-refractivity contribution < 1.29 is 14.3 Å². The number of para-hydroxylation sites is 2. The number of H-pyrrole nitrogens is 1. The predicted octanol–water partition coefficient (Wildman–Crippen LogP) is 5.66. The number of hydrogen-bond donors (Lipinski definition) is 3. The van der Waals surface area contributed by atoms with E-state index < -0.39 is 0 Å². The molecule has 0 aliphatic rings. The number of halogens is 1. The van der Waals surface area contributed by atoms with Gasteiger partial charge in [-0.25, -0.2) is 4.98 Å². The van der Waals surface area contributed by atoms with Crippen molar-refractivity contribution in [2.24, 2.45) is 0 Å². The first-order valence-electron chi connectivity index (χ1n) is 12.1. The predicted molar refractivity (Wildman–Crippen MR) is 144 cm³/mol. The van der Waals surface area contributed by atoms with Crippen LogP contribution in [0.15, 0.2) is 60.7 Å². The maximum Gasteiger partial charge on any atom is 0.262 e. The van der Waals surface area contributed by atoms with E-state index in [0.717, 1.165) is 53.1 Å². The number of carbonyl (C=O) groups excluding carboxylic acids is 1. The molecule has 3 aromatic carbocycles. The summed E-state index contributed by atoms with van der Waals surface area (Å²) in [6, 6.07) is 19.2. The summed E-state index contributed by atoms with van der Waals surface area (Å²) in [5.74, 6) is 1.73. The maximum absolute atomic E-state index is 12.3. The summed E-state index contributed by atoms with van der Waals surface area (Å²) in [4.78, 5) is 20.3. The van der Waals surface area contributed by atoms with E-state index in [9.17, 15) is 4.79 Å². The number of ether oxygens (including phenoxy) is 2. The second kappa shape index (κ2) is 12.4. The van der Waals surface area contributed by atoms with Crippen LogP contribution in [0.1, 0.15) is 30.3 Å². The van der Waals surface area contributed by atoms with Gasteiger partial charge in [0.2, 0.25) is 0 Å². The molecule has 1 heterocycles. The fourth-order valence-electron chi connectivity index (χ4n) is 3.80. The molecule has 4 aromatic rings. The number of nitrogens with zero attached hydrogens (tertiary/aromatic N) is 1. The third-order valence-corrected chi connectivity index (χ3v) is 5.98. The molecule has 0 radical (unpaired) electrons. The van der Waals surface area contributed by atoms with E-state index in [2.05, 4.69) is 20.6 Å². The Labute approximate surface area is 216 Å². The number of aromatic nitrogens is 2. The summed E-state index contributed by atoms with van der Waals surface area (Å²) in [5, 5.41) is 6.80. The van der Waals surface area contributed by atoms with Crippen molar-refractivity contribution in [1.29, 1.82) is 0 Å². The molecule has 0 atom stereocenters. The highest BCUT2D eigenvalue weighted by atomic mass is 35.5. The van der Waals surface area contributed by atoms with Gasteiger partial charge in [0.1, 0.15) is 5.82 Å². The number of amides is 1. The second-order valence-electron chi connectivity index (χ2n) is 8.51. The molecule has 1 amide bonds. The minimum absolute atomic E-state index is 0.149. The van der Waals surface area contributed by atoms with Gasteiger partial charge < -0.3 is 25.1 Å². The van der Waals surface area contributed by atoms with Crippen LogP contribution < -0.4 is 20.1 Å². The number of rotatable bonds is 12. The van der Waals surface area contributed by atoms with E-state index in [1.165, 1.54) is 0 Å². The van der Waals surface area contributed by atoms with E-state index in [4.69, 9.17) is 21.1 Å². The first kappa shape index (κ1) is 25.5. The maximum atomic E-state index is 12.3. The van der Waals surface area contributed by atoms with Crippen LogP contribution in [0.3, 0.4) is 0 Å². The molecule has 0 bridgehead atoms. The Morgan fingerprint density at radius 2 is 1.83 bits per heavy atom. The third kappa shape index (κ3) is 6.99. The highest BCUT2D eigenvalue weighted by molar-refractivity contribution is 6.31. The van der Waals surface area contributed by atoms with E-state index in [1.807, 2.05) is 68.4 Å². The van der Waals surface area contributed by atoms with E-state index >= 15 is 0 Å². The van der Waals surface area contributed by atoms with Crippen molar-refractivity contribution in [2.75, 3.05) is 25.1 Å². The molecular formula is C28H31ClN4O3. The number of fused-ring (bicyclic) bond motifs is 1. The van der Waals surface area contributed by atoms with E-state index in [0.29, 0.717) is 29.7 Å². The smallest absolute Gasteiger partial charge is 0.262 e. The van der Waals surface area contributed by atoms with Gasteiger partial charge >= 0.3 is 0 Å². The Morgan fingerprint density at radius 3 is 2.61 bits per heavy atom. The zero-order valence-corrected chi connectivity index (χ0v) is 21.3. The number of nitrogens with one attached hydrogen (secondary N) is 3. The van der Waals surface area contributed by atoms with E-state index in [-0.39, 0.29) is 12.5 Å². The van der Waals surface area contributed by atoms with Gasteiger partial charge in [-0.3, -0.25) is 4.79 Å². The first-order valence-corrected chi connectivity index (χ1v) is 12.5. The summed E-state index contributed by atoms with van der Waals surface area (Å²) >= 11 is 6.52. The molecule has 0 saturated heterocycles. The highest BCUT2D eigenvalue weighted by Gasteiger charge is 2.13. The Bertz CT molecular complexity index is 1270. The average Bonchev–Trinajstić information content (AvgIpc) is 3.29. The fourth-order valence-corrected chi connectivity index (χ4v) is 4.02.